The molecule has 0 saturated carbocycles. The van der Waals surface area contributed by atoms with Crippen molar-refractivity contribution < 1.29 is 14.3 Å². The molecule has 0 bridgehead atoms. The first kappa shape index (κ1) is 12.9. The lowest BCUT2D eigenvalue weighted by molar-refractivity contribution is -0.117. The highest BCUT2D eigenvalue weighted by Crippen LogP contribution is 2.38. The SMILES string of the molecule is COC(=O)SSC(C(N)=O)c1ccccc1. The molecule has 0 heterocycles. The van der Waals surface area contributed by atoms with E-state index in [4.69, 9.17) is 5.73 Å². The number of hydrogen-bond donors (Lipinski definition) is 1. The van der Waals surface area contributed by atoms with E-state index in [1.54, 1.807) is 12.1 Å². The van der Waals surface area contributed by atoms with Gasteiger partial charge in [0.2, 0.25) is 5.91 Å². The summed E-state index contributed by atoms with van der Waals surface area (Å²) in [5.41, 5.74) is 6.05. The van der Waals surface area contributed by atoms with Crippen LogP contribution in [0.5, 0.6) is 0 Å². The average molecular weight is 257 g/mol. The Morgan fingerprint density at radius 1 is 1.31 bits per heavy atom. The van der Waals surface area contributed by atoms with Gasteiger partial charge in [0.25, 0.3) is 0 Å². The van der Waals surface area contributed by atoms with Crippen molar-refractivity contribution in [3.63, 3.8) is 0 Å². The zero-order chi connectivity index (χ0) is 12.0. The first-order chi connectivity index (χ1) is 7.65. The molecule has 16 heavy (non-hydrogen) atoms. The molecule has 0 fully saturated rings. The fourth-order valence-electron chi connectivity index (χ4n) is 1.02. The number of methoxy groups -OCH3 is 1. The minimum absolute atomic E-state index is 0.452. The molecule has 2 N–H and O–H groups in total. The molecule has 0 aromatic heterocycles. The lowest BCUT2D eigenvalue weighted by atomic mass is 10.1. The monoisotopic (exact) mass is 257 g/mol. The van der Waals surface area contributed by atoms with Gasteiger partial charge in [0.05, 0.1) is 7.11 Å². The molecular weight excluding hydrogens is 246 g/mol. The molecule has 0 radical (unpaired) electrons. The molecule has 1 rings (SSSR count). The highest BCUT2D eigenvalue weighted by molar-refractivity contribution is 8.82. The second kappa shape index (κ2) is 6.44. The molecule has 86 valence electrons. The van der Waals surface area contributed by atoms with Crippen molar-refractivity contribution in [2.45, 2.75) is 5.25 Å². The number of rotatable bonds is 4. The van der Waals surface area contributed by atoms with E-state index in [9.17, 15) is 9.59 Å². The van der Waals surface area contributed by atoms with Crippen molar-refractivity contribution in [2.24, 2.45) is 5.73 Å². The molecule has 1 atom stereocenters. The Bertz CT molecular complexity index is 370. The van der Waals surface area contributed by atoms with Gasteiger partial charge in [-0.1, -0.05) is 41.1 Å². The minimum Gasteiger partial charge on any atom is -0.460 e. The van der Waals surface area contributed by atoms with Gasteiger partial charge in [-0.15, -0.1) is 0 Å². The van der Waals surface area contributed by atoms with Gasteiger partial charge < -0.3 is 10.5 Å². The zero-order valence-corrected chi connectivity index (χ0v) is 10.2. The molecule has 4 nitrogen and oxygen atoms in total. The van der Waals surface area contributed by atoms with Crippen molar-refractivity contribution in [2.75, 3.05) is 7.11 Å². The van der Waals surface area contributed by atoms with E-state index in [1.807, 2.05) is 18.2 Å². The summed E-state index contributed by atoms with van der Waals surface area (Å²) >= 11 is 0. The maximum atomic E-state index is 11.2. The summed E-state index contributed by atoms with van der Waals surface area (Å²) in [5.74, 6) is -0.479. The molecule has 1 aromatic rings. The normalized spacial score (nSPS) is 11.8. The quantitative estimate of drug-likeness (QED) is 0.662. The van der Waals surface area contributed by atoms with E-state index in [2.05, 4.69) is 4.74 Å². The van der Waals surface area contributed by atoms with Crippen LogP contribution < -0.4 is 5.73 Å². The van der Waals surface area contributed by atoms with E-state index >= 15 is 0 Å². The second-order valence-electron chi connectivity index (χ2n) is 2.83. The van der Waals surface area contributed by atoms with Crippen molar-refractivity contribution in [3.8, 4) is 0 Å². The van der Waals surface area contributed by atoms with Crippen LogP contribution in [0, 0.1) is 0 Å². The Morgan fingerprint density at radius 3 is 2.44 bits per heavy atom. The van der Waals surface area contributed by atoms with Gasteiger partial charge in [0.15, 0.2) is 0 Å². The van der Waals surface area contributed by atoms with Gasteiger partial charge in [-0.3, -0.25) is 4.79 Å². The van der Waals surface area contributed by atoms with Crippen LogP contribution in [0.4, 0.5) is 4.79 Å². The first-order valence-electron chi connectivity index (χ1n) is 4.40. The zero-order valence-electron chi connectivity index (χ0n) is 8.58. The smallest absolute Gasteiger partial charge is 0.377 e. The molecule has 1 aromatic carbocycles. The summed E-state index contributed by atoms with van der Waals surface area (Å²) in [6.45, 7) is 0. The topological polar surface area (TPSA) is 69.4 Å². The van der Waals surface area contributed by atoms with Gasteiger partial charge in [-0.25, -0.2) is 4.79 Å². The Kier molecular flexibility index (Phi) is 5.21. The number of amides is 1. The van der Waals surface area contributed by atoms with Crippen LogP contribution in [-0.4, -0.2) is 18.3 Å². The number of ether oxygens (including phenoxy) is 1. The fourth-order valence-corrected chi connectivity index (χ4v) is 2.97. The van der Waals surface area contributed by atoms with Crippen LogP contribution >= 0.6 is 21.6 Å². The highest BCUT2D eigenvalue weighted by Gasteiger charge is 2.20. The number of primary amides is 1. The predicted octanol–water partition coefficient (Wildman–Crippen LogP) is 2.36. The van der Waals surface area contributed by atoms with Crippen molar-refractivity contribution >= 4 is 32.8 Å². The number of benzene rings is 1. The van der Waals surface area contributed by atoms with Crippen LogP contribution in [0.3, 0.4) is 0 Å². The Morgan fingerprint density at radius 2 is 1.94 bits per heavy atom. The highest BCUT2D eigenvalue weighted by atomic mass is 33.1. The molecule has 1 amide bonds. The van der Waals surface area contributed by atoms with E-state index in [1.165, 1.54) is 7.11 Å². The first-order valence-corrected chi connectivity index (χ1v) is 6.62. The molecule has 6 heteroatoms. The van der Waals surface area contributed by atoms with Crippen molar-refractivity contribution in [1.29, 1.82) is 0 Å². The lowest BCUT2D eigenvalue weighted by Crippen LogP contribution is -2.18. The Labute approximate surface area is 101 Å². The predicted molar refractivity (Wildman–Crippen MR) is 66.0 cm³/mol. The number of carbonyl (C=O) groups is 2. The van der Waals surface area contributed by atoms with E-state index in [0.717, 1.165) is 27.2 Å². The number of nitrogens with two attached hydrogens (primary N) is 1. The van der Waals surface area contributed by atoms with Crippen LogP contribution in [-0.2, 0) is 9.53 Å². The Hall–Kier alpha value is -1.14. The third-order valence-corrected chi connectivity index (χ3v) is 4.11. The molecular formula is C10H11NO3S2. The number of carbonyl (C=O) groups excluding carboxylic acids is 2. The van der Waals surface area contributed by atoms with Gasteiger partial charge in [0, 0.05) is 10.8 Å². The summed E-state index contributed by atoms with van der Waals surface area (Å²) in [5, 5.41) is -1.00. The largest absolute Gasteiger partial charge is 0.460 e. The molecule has 0 saturated heterocycles. The number of hydrogen-bond acceptors (Lipinski definition) is 5. The summed E-state index contributed by atoms with van der Waals surface area (Å²) in [6.07, 6.45) is 0. The Balaban J connectivity index is 2.69. The summed E-state index contributed by atoms with van der Waals surface area (Å²) in [7, 11) is 3.23. The van der Waals surface area contributed by atoms with E-state index in [-0.39, 0.29) is 0 Å². The van der Waals surface area contributed by atoms with Gasteiger partial charge in [-0.05, 0) is 5.56 Å². The maximum Gasteiger partial charge on any atom is 0.377 e. The van der Waals surface area contributed by atoms with Gasteiger partial charge in [0.1, 0.15) is 5.25 Å². The summed E-state index contributed by atoms with van der Waals surface area (Å²) < 4.78 is 4.47. The molecule has 0 aliphatic carbocycles. The van der Waals surface area contributed by atoms with Gasteiger partial charge >= 0.3 is 5.30 Å². The van der Waals surface area contributed by atoms with Crippen LogP contribution in [0.15, 0.2) is 30.3 Å². The van der Waals surface area contributed by atoms with Crippen LogP contribution in [0.1, 0.15) is 10.8 Å². The molecule has 0 spiro atoms. The van der Waals surface area contributed by atoms with Crippen molar-refractivity contribution in [3.05, 3.63) is 35.9 Å². The lowest BCUT2D eigenvalue weighted by Gasteiger charge is -2.11. The van der Waals surface area contributed by atoms with Gasteiger partial charge in [-0.2, -0.15) is 0 Å². The molecule has 0 aliphatic heterocycles. The molecule has 0 aliphatic rings. The summed E-state index contributed by atoms with van der Waals surface area (Å²) in [6, 6.07) is 9.06. The van der Waals surface area contributed by atoms with E-state index in [0.29, 0.717) is 0 Å². The van der Waals surface area contributed by atoms with Crippen molar-refractivity contribution in [1.82, 2.24) is 0 Å². The average Bonchev–Trinajstić information content (AvgIpc) is 2.30. The fraction of sp³-hybridized carbons (Fsp3) is 0.200. The van der Waals surface area contributed by atoms with Crippen LogP contribution in [0.2, 0.25) is 0 Å². The van der Waals surface area contributed by atoms with E-state index < -0.39 is 16.5 Å². The third kappa shape index (κ3) is 3.79. The standard InChI is InChI=1S/C10H11NO3S2/c1-14-10(13)16-15-8(9(11)12)7-5-3-2-4-6-7/h2-6,8H,1H3,(H2,11,12). The maximum absolute atomic E-state index is 11.2. The third-order valence-electron chi connectivity index (χ3n) is 1.74. The molecule has 1 unspecified atom stereocenters. The van der Waals surface area contributed by atoms with Crippen LogP contribution in [0.25, 0.3) is 0 Å². The second-order valence-corrected chi connectivity index (χ2v) is 5.07. The summed E-state index contributed by atoms with van der Waals surface area (Å²) in [4.78, 5) is 22.2. The minimum atomic E-state index is -0.551.